The standard InChI is InChI=1S/C6H5ClN4/c7-4-3-5(8)11-2-1-9-6(11)10-4/h1-3H,8H2. The molecule has 0 bridgehead atoms. The number of nitrogens with zero attached hydrogens (tertiary/aromatic N) is 3. The summed E-state index contributed by atoms with van der Waals surface area (Å²) in [6.07, 6.45) is 3.35. The molecule has 2 aromatic heterocycles. The summed E-state index contributed by atoms with van der Waals surface area (Å²) >= 11 is 5.64. The van der Waals surface area contributed by atoms with Gasteiger partial charge < -0.3 is 5.73 Å². The number of nitrogen functional groups attached to an aromatic ring is 1. The number of anilines is 1. The lowest BCUT2D eigenvalue weighted by atomic mass is 10.6. The molecule has 0 atom stereocenters. The van der Waals surface area contributed by atoms with Gasteiger partial charge in [-0.3, -0.25) is 4.40 Å². The van der Waals surface area contributed by atoms with Gasteiger partial charge in [-0.2, -0.15) is 0 Å². The minimum atomic E-state index is 0.362. The van der Waals surface area contributed by atoms with Gasteiger partial charge >= 0.3 is 0 Å². The van der Waals surface area contributed by atoms with Gasteiger partial charge in [-0.15, -0.1) is 0 Å². The van der Waals surface area contributed by atoms with Crippen LogP contribution in [0.15, 0.2) is 18.5 Å². The van der Waals surface area contributed by atoms with E-state index in [1.54, 1.807) is 22.9 Å². The summed E-state index contributed by atoms with van der Waals surface area (Å²) in [5, 5.41) is 0.362. The fourth-order valence-electron chi connectivity index (χ4n) is 0.899. The topological polar surface area (TPSA) is 56.2 Å². The Morgan fingerprint density at radius 1 is 1.55 bits per heavy atom. The number of halogens is 1. The van der Waals surface area contributed by atoms with E-state index in [0.29, 0.717) is 16.7 Å². The fourth-order valence-corrected chi connectivity index (χ4v) is 1.09. The Morgan fingerprint density at radius 2 is 2.36 bits per heavy atom. The fraction of sp³-hybridized carbons (Fsp3) is 0. The molecule has 2 heterocycles. The molecule has 0 saturated heterocycles. The minimum Gasteiger partial charge on any atom is -0.385 e. The van der Waals surface area contributed by atoms with Gasteiger partial charge in [0, 0.05) is 18.5 Å². The van der Waals surface area contributed by atoms with Gasteiger partial charge in [0.1, 0.15) is 11.0 Å². The largest absolute Gasteiger partial charge is 0.385 e. The van der Waals surface area contributed by atoms with E-state index < -0.39 is 0 Å². The summed E-state index contributed by atoms with van der Waals surface area (Å²) in [6, 6.07) is 1.58. The van der Waals surface area contributed by atoms with Crippen molar-refractivity contribution < 1.29 is 0 Å². The summed E-state index contributed by atoms with van der Waals surface area (Å²) in [6.45, 7) is 0. The summed E-state index contributed by atoms with van der Waals surface area (Å²) < 4.78 is 1.66. The van der Waals surface area contributed by atoms with Gasteiger partial charge in [0.25, 0.3) is 0 Å². The highest BCUT2D eigenvalue weighted by molar-refractivity contribution is 6.29. The van der Waals surface area contributed by atoms with E-state index in [1.165, 1.54) is 0 Å². The van der Waals surface area contributed by atoms with Crippen LogP contribution in [-0.4, -0.2) is 14.4 Å². The van der Waals surface area contributed by atoms with Gasteiger partial charge in [-0.05, 0) is 0 Å². The highest BCUT2D eigenvalue weighted by atomic mass is 35.5. The SMILES string of the molecule is Nc1cc(Cl)nc2nccn12. The van der Waals surface area contributed by atoms with Crippen LogP contribution in [0.4, 0.5) is 5.82 Å². The molecule has 0 saturated carbocycles. The van der Waals surface area contributed by atoms with Crippen molar-refractivity contribution in [1.82, 2.24) is 14.4 Å². The maximum atomic E-state index is 5.64. The molecule has 2 rings (SSSR count). The summed E-state index contributed by atoms with van der Waals surface area (Å²) in [5.41, 5.74) is 5.60. The first-order valence-electron chi connectivity index (χ1n) is 3.02. The predicted octanol–water partition coefficient (Wildman–Crippen LogP) is 0.965. The molecule has 0 aliphatic rings. The zero-order valence-electron chi connectivity index (χ0n) is 5.53. The average molecular weight is 169 g/mol. The number of hydrogen-bond acceptors (Lipinski definition) is 3. The molecule has 0 aromatic carbocycles. The van der Waals surface area contributed by atoms with E-state index in [4.69, 9.17) is 17.3 Å². The second-order valence-corrected chi connectivity index (χ2v) is 2.49. The Labute approximate surface area is 67.6 Å². The number of imidazole rings is 1. The second-order valence-electron chi connectivity index (χ2n) is 2.10. The third kappa shape index (κ3) is 0.914. The molecule has 0 spiro atoms. The van der Waals surface area contributed by atoms with Crippen molar-refractivity contribution in [3.8, 4) is 0 Å². The molecule has 4 nitrogen and oxygen atoms in total. The van der Waals surface area contributed by atoms with Crippen LogP contribution in [0.2, 0.25) is 5.15 Å². The third-order valence-electron chi connectivity index (χ3n) is 1.37. The number of nitrogens with two attached hydrogens (primary N) is 1. The van der Waals surface area contributed by atoms with Crippen LogP contribution < -0.4 is 5.73 Å². The molecule has 0 fully saturated rings. The molecule has 0 aliphatic carbocycles. The summed E-state index contributed by atoms with van der Waals surface area (Å²) in [7, 11) is 0. The van der Waals surface area contributed by atoms with Crippen LogP contribution in [0.25, 0.3) is 5.78 Å². The molecule has 11 heavy (non-hydrogen) atoms. The summed E-state index contributed by atoms with van der Waals surface area (Å²) in [4.78, 5) is 7.86. The molecule has 2 aromatic rings. The minimum absolute atomic E-state index is 0.362. The molecule has 0 amide bonds. The van der Waals surface area contributed by atoms with Crippen molar-refractivity contribution in [2.45, 2.75) is 0 Å². The maximum Gasteiger partial charge on any atom is 0.236 e. The zero-order chi connectivity index (χ0) is 7.84. The van der Waals surface area contributed by atoms with Crippen LogP contribution >= 0.6 is 11.6 Å². The van der Waals surface area contributed by atoms with Crippen molar-refractivity contribution in [3.05, 3.63) is 23.6 Å². The monoisotopic (exact) mass is 168 g/mol. The Hall–Kier alpha value is -1.29. The number of fused-ring (bicyclic) bond motifs is 1. The van der Waals surface area contributed by atoms with Crippen molar-refractivity contribution in [1.29, 1.82) is 0 Å². The van der Waals surface area contributed by atoms with E-state index >= 15 is 0 Å². The molecule has 0 radical (unpaired) electrons. The first-order chi connectivity index (χ1) is 5.27. The van der Waals surface area contributed by atoms with Gasteiger partial charge in [-0.1, -0.05) is 11.6 Å². The molecular weight excluding hydrogens is 164 g/mol. The van der Waals surface area contributed by atoms with Crippen molar-refractivity contribution in [3.63, 3.8) is 0 Å². The first-order valence-corrected chi connectivity index (χ1v) is 3.40. The Morgan fingerprint density at radius 3 is 3.18 bits per heavy atom. The first kappa shape index (κ1) is 6.42. The predicted molar refractivity (Wildman–Crippen MR) is 42.4 cm³/mol. The third-order valence-corrected chi connectivity index (χ3v) is 1.57. The van der Waals surface area contributed by atoms with Gasteiger partial charge in [0.05, 0.1) is 0 Å². The van der Waals surface area contributed by atoms with E-state index in [1.807, 2.05) is 0 Å². The van der Waals surface area contributed by atoms with Crippen molar-refractivity contribution in [2.24, 2.45) is 0 Å². The molecule has 0 unspecified atom stereocenters. The van der Waals surface area contributed by atoms with Gasteiger partial charge in [0.15, 0.2) is 0 Å². The number of rotatable bonds is 0. The quantitative estimate of drug-likeness (QED) is 0.597. The smallest absolute Gasteiger partial charge is 0.236 e. The van der Waals surface area contributed by atoms with Crippen LogP contribution in [0, 0.1) is 0 Å². The van der Waals surface area contributed by atoms with Crippen LogP contribution in [0.5, 0.6) is 0 Å². The lowest BCUT2D eigenvalue weighted by molar-refractivity contribution is 1.12. The molecular formula is C6H5ClN4. The Kier molecular flexibility index (Phi) is 1.22. The van der Waals surface area contributed by atoms with Gasteiger partial charge in [0.2, 0.25) is 5.78 Å². The highest BCUT2D eigenvalue weighted by Crippen LogP contribution is 2.11. The van der Waals surface area contributed by atoms with Crippen LogP contribution in [-0.2, 0) is 0 Å². The summed E-state index contributed by atoms with van der Waals surface area (Å²) in [5.74, 6) is 1.06. The van der Waals surface area contributed by atoms with Crippen LogP contribution in [0.3, 0.4) is 0 Å². The van der Waals surface area contributed by atoms with Crippen molar-refractivity contribution >= 4 is 23.2 Å². The van der Waals surface area contributed by atoms with E-state index in [9.17, 15) is 0 Å². The van der Waals surface area contributed by atoms with Gasteiger partial charge in [-0.25, -0.2) is 9.97 Å². The number of aromatic nitrogens is 3. The Balaban J connectivity index is 2.91. The lowest BCUT2D eigenvalue weighted by Gasteiger charge is -1.97. The van der Waals surface area contributed by atoms with E-state index in [2.05, 4.69) is 9.97 Å². The van der Waals surface area contributed by atoms with E-state index in [-0.39, 0.29) is 0 Å². The zero-order valence-corrected chi connectivity index (χ0v) is 6.28. The molecule has 0 aliphatic heterocycles. The maximum absolute atomic E-state index is 5.64. The molecule has 5 heteroatoms. The van der Waals surface area contributed by atoms with Crippen LogP contribution in [0.1, 0.15) is 0 Å². The highest BCUT2D eigenvalue weighted by Gasteiger charge is 1.99. The van der Waals surface area contributed by atoms with Crippen molar-refractivity contribution in [2.75, 3.05) is 5.73 Å². The van der Waals surface area contributed by atoms with E-state index in [0.717, 1.165) is 0 Å². The second kappa shape index (κ2) is 2.10. The molecule has 56 valence electrons. The normalized spacial score (nSPS) is 10.6. The lowest BCUT2D eigenvalue weighted by Crippen LogP contribution is -1.97. The number of hydrogen-bond donors (Lipinski definition) is 1. The molecule has 2 N–H and O–H groups in total. The Bertz CT molecular complexity index is 394. The average Bonchev–Trinajstić information content (AvgIpc) is 2.34.